The second kappa shape index (κ2) is 6.67. The molecule has 3 heterocycles. The number of hydrogen-bond donors (Lipinski definition) is 0. The molecule has 1 aromatic rings. The van der Waals surface area contributed by atoms with E-state index in [1.807, 2.05) is 0 Å². The number of carbonyl (C=O) groups is 1. The van der Waals surface area contributed by atoms with Gasteiger partial charge in [0.1, 0.15) is 6.54 Å². The summed E-state index contributed by atoms with van der Waals surface area (Å²) in [7, 11) is 0. The van der Waals surface area contributed by atoms with E-state index in [9.17, 15) is 4.79 Å². The Morgan fingerprint density at radius 3 is 2.77 bits per heavy atom. The quantitative estimate of drug-likeness (QED) is 0.737. The van der Waals surface area contributed by atoms with Gasteiger partial charge in [0.15, 0.2) is 5.82 Å². The largest absolute Gasteiger partial charge is 0.373 e. The van der Waals surface area contributed by atoms with E-state index in [0.29, 0.717) is 25.5 Å². The van der Waals surface area contributed by atoms with Crippen LogP contribution in [0.15, 0.2) is 0 Å². The van der Waals surface area contributed by atoms with Crippen LogP contribution >= 0.6 is 0 Å². The summed E-state index contributed by atoms with van der Waals surface area (Å²) >= 11 is 0. The minimum atomic E-state index is -0.116. The summed E-state index contributed by atoms with van der Waals surface area (Å²) in [5.41, 5.74) is 0. The molecule has 0 radical (unpaired) electrons. The number of tetrazole rings is 1. The molecular weight excluding hydrogens is 288 g/mol. The van der Waals surface area contributed by atoms with Crippen molar-refractivity contribution < 1.29 is 14.4 Å². The minimum absolute atomic E-state index is 0.109. The topological polar surface area (TPSA) is 85.6 Å². The summed E-state index contributed by atoms with van der Waals surface area (Å²) in [6.45, 7) is 7.73. The zero-order valence-corrected chi connectivity index (χ0v) is 13.0. The SMILES string of the molecule is C[C@@H]1CN(Cc2nnnn2CC(=O)N2CCCO2)C[C@H](C)O1. The van der Waals surface area contributed by atoms with Gasteiger partial charge < -0.3 is 4.74 Å². The van der Waals surface area contributed by atoms with Crippen LogP contribution in [0, 0.1) is 0 Å². The first-order valence-corrected chi connectivity index (χ1v) is 7.68. The van der Waals surface area contributed by atoms with E-state index >= 15 is 0 Å². The Labute approximate surface area is 129 Å². The minimum Gasteiger partial charge on any atom is -0.373 e. The zero-order valence-electron chi connectivity index (χ0n) is 13.0. The highest BCUT2D eigenvalue weighted by Crippen LogP contribution is 2.13. The van der Waals surface area contributed by atoms with E-state index < -0.39 is 0 Å². The summed E-state index contributed by atoms with van der Waals surface area (Å²) in [6.07, 6.45) is 1.25. The maximum absolute atomic E-state index is 12.1. The number of morpholine rings is 1. The molecule has 0 aromatic carbocycles. The lowest BCUT2D eigenvalue weighted by Gasteiger charge is -2.34. The standard InChI is InChI=1S/C13H22N6O3/c1-10-6-17(7-11(2)22-10)8-12-14-15-16-18(12)9-13(20)19-4-3-5-21-19/h10-11H,3-9H2,1-2H3/t10-,11+. The number of hydrogen-bond acceptors (Lipinski definition) is 7. The molecule has 9 nitrogen and oxygen atoms in total. The van der Waals surface area contributed by atoms with Crippen molar-refractivity contribution >= 4 is 5.91 Å². The smallest absolute Gasteiger partial charge is 0.267 e. The van der Waals surface area contributed by atoms with Gasteiger partial charge in [0.05, 0.1) is 31.9 Å². The molecule has 0 aliphatic carbocycles. The monoisotopic (exact) mass is 310 g/mol. The van der Waals surface area contributed by atoms with Gasteiger partial charge in [-0.25, -0.2) is 9.75 Å². The Hall–Kier alpha value is -1.58. The molecule has 2 atom stereocenters. The van der Waals surface area contributed by atoms with Crippen LogP contribution in [0.3, 0.4) is 0 Å². The van der Waals surface area contributed by atoms with E-state index in [1.165, 1.54) is 5.06 Å². The first kappa shape index (κ1) is 15.3. The number of amides is 1. The third kappa shape index (κ3) is 3.60. The number of hydroxylamine groups is 2. The molecule has 2 aliphatic rings. The highest BCUT2D eigenvalue weighted by atomic mass is 16.7. The Balaban J connectivity index is 1.60. The van der Waals surface area contributed by atoms with E-state index in [1.54, 1.807) is 4.68 Å². The van der Waals surface area contributed by atoms with Crippen LogP contribution < -0.4 is 0 Å². The summed E-state index contributed by atoms with van der Waals surface area (Å²) in [6, 6.07) is 0. The third-order valence-corrected chi connectivity index (χ3v) is 3.78. The van der Waals surface area contributed by atoms with Crippen molar-refractivity contribution in [1.29, 1.82) is 0 Å². The molecular formula is C13H22N6O3. The molecule has 1 aromatic heterocycles. The maximum atomic E-state index is 12.1. The van der Waals surface area contributed by atoms with Gasteiger partial charge in [0.25, 0.3) is 5.91 Å². The summed E-state index contributed by atoms with van der Waals surface area (Å²) in [5.74, 6) is 0.573. The Kier molecular flexibility index (Phi) is 4.65. The fourth-order valence-corrected chi connectivity index (χ4v) is 2.92. The molecule has 3 rings (SSSR count). The van der Waals surface area contributed by atoms with Crippen molar-refractivity contribution in [1.82, 2.24) is 30.2 Å². The Morgan fingerprint density at radius 1 is 1.32 bits per heavy atom. The van der Waals surface area contributed by atoms with E-state index in [-0.39, 0.29) is 24.7 Å². The molecule has 0 saturated carbocycles. The van der Waals surface area contributed by atoms with Crippen molar-refractivity contribution in [2.75, 3.05) is 26.2 Å². The number of aromatic nitrogens is 4. The average Bonchev–Trinajstić information content (AvgIpc) is 3.10. The molecule has 22 heavy (non-hydrogen) atoms. The first-order chi connectivity index (χ1) is 10.6. The van der Waals surface area contributed by atoms with E-state index in [0.717, 1.165) is 19.5 Å². The van der Waals surface area contributed by atoms with Crippen LogP contribution in [0.25, 0.3) is 0 Å². The van der Waals surface area contributed by atoms with Crippen LogP contribution in [-0.2, 0) is 27.5 Å². The second-order valence-electron chi connectivity index (χ2n) is 5.89. The predicted octanol–water partition coefficient (Wildman–Crippen LogP) is -0.554. The number of nitrogens with zero attached hydrogens (tertiary/aromatic N) is 6. The molecule has 1 amide bonds. The lowest BCUT2D eigenvalue weighted by molar-refractivity contribution is -0.169. The molecule has 9 heteroatoms. The lowest BCUT2D eigenvalue weighted by Crippen LogP contribution is -2.45. The number of carbonyl (C=O) groups excluding carboxylic acids is 1. The number of ether oxygens (including phenoxy) is 1. The van der Waals surface area contributed by atoms with Crippen molar-refractivity contribution in [3.05, 3.63) is 5.82 Å². The van der Waals surface area contributed by atoms with Gasteiger partial charge in [-0.05, 0) is 30.7 Å². The fourth-order valence-electron chi connectivity index (χ4n) is 2.92. The Morgan fingerprint density at radius 2 is 2.09 bits per heavy atom. The van der Waals surface area contributed by atoms with Gasteiger partial charge in [-0.2, -0.15) is 0 Å². The van der Waals surface area contributed by atoms with Gasteiger partial charge in [0.2, 0.25) is 0 Å². The highest BCUT2D eigenvalue weighted by Gasteiger charge is 2.25. The van der Waals surface area contributed by atoms with Crippen molar-refractivity contribution in [2.24, 2.45) is 0 Å². The van der Waals surface area contributed by atoms with Gasteiger partial charge in [-0.15, -0.1) is 5.10 Å². The predicted molar refractivity (Wildman–Crippen MR) is 75.4 cm³/mol. The van der Waals surface area contributed by atoms with Crippen molar-refractivity contribution in [3.63, 3.8) is 0 Å². The van der Waals surface area contributed by atoms with Crippen molar-refractivity contribution in [2.45, 2.75) is 45.6 Å². The van der Waals surface area contributed by atoms with Gasteiger partial charge in [0, 0.05) is 13.1 Å². The van der Waals surface area contributed by atoms with E-state index in [4.69, 9.17) is 9.57 Å². The van der Waals surface area contributed by atoms with Gasteiger partial charge in [-0.1, -0.05) is 0 Å². The van der Waals surface area contributed by atoms with Gasteiger partial charge in [-0.3, -0.25) is 14.5 Å². The average molecular weight is 310 g/mol. The molecule has 2 fully saturated rings. The molecule has 2 saturated heterocycles. The number of rotatable bonds is 4. The molecule has 0 spiro atoms. The lowest BCUT2D eigenvalue weighted by atomic mass is 10.2. The molecule has 122 valence electrons. The second-order valence-corrected chi connectivity index (χ2v) is 5.89. The fraction of sp³-hybridized carbons (Fsp3) is 0.846. The van der Waals surface area contributed by atoms with E-state index in [2.05, 4.69) is 34.3 Å². The Bertz CT molecular complexity index is 506. The van der Waals surface area contributed by atoms with Crippen LogP contribution in [0.4, 0.5) is 0 Å². The highest BCUT2D eigenvalue weighted by molar-refractivity contribution is 5.74. The summed E-state index contributed by atoms with van der Waals surface area (Å²) < 4.78 is 7.27. The molecule has 2 aliphatic heterocycles. The molecule has 0 N–H and O–H groups in total. The van der Waals surface area contributed by atoms with Crippen LogP contribution in [-0.4, -0.2) is 74.5 Å². The van der Waals surface area contributed by atoms with Crippen LogP contribution in [0.2, 0.25) is 0 Å². The van der Waals surface area contributed by atoms with Crippen molar-refractivity contribution in [3.8, 4) is 0 Å². The first-order valence-electron chi connectivity index (χ1n) is 7.68. The normalized spacial score (nSPS) is 26.5. The van der Waals surface area contributed by atoms with Crippen LogP contribution in [0.5, 0.6) is 0 Å². The zero-order chi connectivity index (χ0) is 15.5. The van der Waals surface area contributed by atoms with Crippen LogP contribution in [0.1, 0.15) is 26.1 Å². The summed E-state index contributed by atoms with van der Waals surface area (Å²) in [4.78, 5) is 19.6. The molecule has 0 unspecified atom stereocenters. The third-order valence-electron chi connectivity index (χ3n) is 3.78. The van der Waals surface area contributed by atoms with Gasteiger partial charge >= 0.3 is 0 Å². The maximum Gasteiger partial charge on any atom is 0.267 e. The summed E-state index contributed by atoms with van der Waals surface area (Å²) in [5, 5.41) is 13.1. The molecule has 0 bridgehead atoms.